The van der Waals surface area contributed by atoms with Gasteiger partial charge in [0.1, 0.15) is 11.6 Å². The molecule has 1 amide bonds. The number of aryl methyl sites for hydroxylation is 1. The minimum Gasteiger partial charge on any atom is -0.323 e. The molecule has 0 bridgehead atoms. The fourth-order valence-electron chi connectivity index (χ4n) is 1.90. The van der Waals surface area contributed by atoms with Crippen molar-refractivity contribution in [3.8, 4) is 0 Å². The van der Waals surface area contributed by atoms with Crippen molar-refractivity contribution in [2.75, 3.05) is 11.1 Å². The van der Waals surface area contributed by atoms with Gasteiger partial charge in [0.25, 0.3) is 0 Å². The standard InChI is InChI=1S/C16H15F2NO3S/c1-11-2-5-13(6-3-11)23(21,22)9-8-16(20)19-15-10-12(17)4-7-14(15)18/h2-7,10H,8-9H2,1H3,(H,19,20). The third-order valence-corrected chi connectivity index (χ3v) is 4.91. The summed E-state index contributed by atoms with van der Waals surface area (Å²) in [5.74, 6) is -2.61. The molecule has 23 heavy (non-hydrogen) atoms. The average Bonchev–Trinajstić information content (AvgIpc) is 2.49. The minimum absolute atomic E-state index is 0.118. The summed E-state index contributed by atoms with van der Waals surface area (Å²) < 4.78 is 50.6. The van der Waals surface area contributed by atoms with Gasteiger partial charge >= 0.3 is 0 Å². The monoisotopic (exact) mass is 339 g/mol. The van der Waals surface area contributed by atoms with E-state index in [2.05, 4.69) is 5.32 Å². The van der Waals surface area contributed by atoms with E-state index in [1.807, 2.05) is 6.92 Å². The Morgan fingerprint density at radius 3 is 2.39 bits per heavy atom. The number of halogens is 2. The molecule has 2 aromatic rings. The Kier molecular flexibility index (Phi) is 5.10. The van der Waals surface area contributed by atoms with E-state index >= 15 is 0 Å². The molecule has 2 aromatic carbocycles. The first-order valence-corrected chi connectivity index (χ1v) is 8.47. The second kappa shape index (κ2) is 6.87. The average molecular weight is 339 g/mol. The second-order valence-corrected chi connectivity index (χ2v) is 7.16. The summed E-state index contributed by atoms with van der Waals surface area (Å²) in [5, 5.41) is 2.17. The Hall–Kier alpha value is -2.28. The van der Waals surface area contributed by atoms with Crippen LogP contribution in [0.4, 0.5) is 14.5 Å². The highest BCUT2D eigenvalue weighted by atomic mass is 32.2. The molecule has 122 valence electrons. The number of sulfone groups is 1. The number of rotatable bonds is 5. The van der Waals surface area contributed by atoms with E-state index in [1.54, 1.807) is 12.1 Å². The lowest BCUT2D eigenvalue weighted by atomic mass is 10.2. The van der Waals surface area contributed by atoms with E-state index in [4.69, 9.17) is 0 Å². The number of hydrogen-bond acceptors (Lipinski definition) is 3. The zero-order valence-electron chi connectivity index (χ0n) is 12.3. The molecule has 7 heteroatoms. The van der Waals surface area contributed by atoms with Crippen LogP contribution in [0.1, 0.15) is 12.0 Å². The molecule has 2 rings (SSSR count). The number of amides is 1. The fourth-order valence-corrected chi connectivity index (χ4v) is 3.14. The van der Waals surface area contributed by atoms with Gasteiger partial charge in [0.05, 0.1) is 16.3 Å². The van der Waals surface area contributed by atoms with Gasteiger partial charge in [0.15, 0.2) is 9.84 Å². The SMILES string of the molecule is Cc1ccc(S(=O)(=O)CCC(=O)Nc2cc(F)ccc2F)cc1. The maximum Gasteiger partial charge on any atom is 0.225 e. The van der Waals surface area contributed by atoms with Crippen LogP contribution in [0.25, 0.3) is 0 Å². The first-order chi connectivity index (χ1) is 10.8. The van der Waals surface area contributed by atoms with Crippen molar-refractivity contribution < 1.29 is 22.0 Å². The highest BCUT2D eigenvalue weighted by Crippen LogP contribution is 2.17. The van der Waals surface area contributed by atoms with Crippen LogP contribution >= 0.6 is 0 Å². The number of carbonyl (C=O) groups excluding carboxylic acids is 1. The summed E-state index contributed by atoms with van der Waals surface area (Å²) in [6, 6.07) is 8.90. The van der Waals surface area contributed by atoms with E-state index in [0.717, 1.165) is 23.8 Å². The maximum atomic E-state index is 13.4. The summed E-state index contributed by atoms with van der Waals surface area (Å²) in [6.07, 6.45) is -0.355. The summed E-state index contributed by atoms with van der Waals surface area (Å²) in [6.45, 7) is 1.83. The van der Waals surface area contributed by atoms with Crippen LogP contribution in [0.2, 0.25) is 0 Å². The third kappa shape index (κ3) is 4.59. The van der Waals surface area contributed by atoms with Gasteiger partial charge in [-0.1, -0.05) is 17.7 Å². The molecule has 0 heterocycles. The molecule has 0 unspecified atom stereocenters. The predicted octanol–water partition coefficient (Wildman–Crippen LogP) is 3.08. The molecule has 0 spiro atoms. The van der Waals surface area contributed by atoms with Crippen molar-refractivity contribution >= 4 is 21.4 Å². The first kappa shape index (κ1) is 17.1. The number of benzene rings is 2. The van der Waals surface area contributed by atoms with E-state index in [1.165, 1.54) is 12.1 Å². The zero-order valence-corrected chi connectivity index (χ0v) is 13.2. The zero-order chi connectivity index (χ0) is 17.0. The number of hydrogen-bond donors (Lipinski definition) is 1. The smallest absolute Gasteiger partial charge is 0.225 e. The van der Waals surface area contributed by atoms with Crippen LogP contribution in [-0.2, 0) is 14.6 Å². The van der Waals surface area contributed by atoms with Crippen molar-refractivity contribution in [3.63, 3.8) is 0 Å². The van der Waals surface area contributed by atoms with Gasteiger partial charge in [-0.25, -0.2) is 17.2 Å². The van der Waals surface area contributed by atoms with Gasteiger partial charge < -0.3 is 5.32 Å². The molecule has 0 aliphatic rings. The summed E-state index contributed by atoms with van der Waals surface area (Å²) >= 11 is 0. The van der Waals surface area contributed by atoms with E-state index < -0.39 is 33.1 Å². The maximum absolute atomic E-state index is 13.4. The van der Waals surface area contributed by atoms with Crippen molar-refractivity contribution in [1.82, 2.24) is 0 Å². The van der Waals surface area contributed by atoms with Gasteiger partial charge in [0, 0.05) is 12.5 Å². The molecular formula is C16H15F2NO3S. The minimum atomic E-state index is -3.61. The summed E-state index contributed by atoms with van der Waals surface area (Å²) in [7, 11) is -3.61. The Labute approximate surface area is 133 Å². The molecule has 0 radical (unpaired) electrons. The molecule has 0 saturated carbocycles. The van der Waals surface area contributed by atoms with Crippen LogP contribution in [0.15, 0.2) is 47.4 Å². The largest absolute Gasteiger partial charge is 0.323 e. The van der Waals surface area contributed by atoms with Crippen LogP contribution < -0.4 is 5.32 Å². The van der Waals surface area contributed by atoms with Gasteiger partial charge in [-0.2, -0.15) is 0 Å². The van der Waals surface area contributed by atoms with Crippen molar-refractivity contribution in [3.05, 3.63) is 59.7 Å². The lowest BCUT2D eigenvalue weighted by Crippen LogP contribution is -2.18. The number of carbonyl (C=O) groups is 1. The quantitative estimate of drug-likeness (QED) is 0.910. The van der Waals surface area contributed by atoms with E-state index in [0.29, 0.717) is 0 Å². The van der Waals surface area contributed by atoms with Gasteiger partial charge in [-0.05, 0) is 31.2 Å². The van der Waals surface area contributed by atoms with E-state index in [-0.39, 0.29) is 17.0 Å². The highest BCUT2D eigenvalue weighted by Gasteiger charge is 2.17. The molecule has 0 fully saturated rings. The number of anilines is 1. The number of nitrogens with one attached hydrogen (secondary N) is 1. The molecule has 0 aromatic heterocycles. The first-order valence-electron chi connectivity index (χ1n) is 6.82. The van der Waals surface area contributed by atoms with E-state index in [9.17, 15) is 22.0 Å². The van der Waals surface area contributed by atoms with Crippen LogP contribution in [0.3, 0.4) is 0 Å². The molecule has 1 N–H and O–H groups in total. The summed E-state index contributed by atoms with van der Waals surface area (Å²) in [5.41, 5.74) is 0.603. The molecule has 0 atom stereocenters. The van der Waals surface area contributed by atoms with Crippen LogP contribution in [-0.4, -0.2) is 20.1 Å². The predicted molar refractivity (Wildman–Crippen MR) is 82.8 cm³/mol. The lowest BCUT2D eigenvalue weighted by Gasteiger charge is -2.07. The lowest BCUT2D eigenvalue weighted by molar-refractivity contribution is -0.115. The Morgan fingerprint density at radius 2 is 1.74 bits per heavy atom. The topological polar surface area (TPSA) is 63.2 Å². The molecule has 0 saturated heterocycles. The third-order valence-electron chi connectivity index (χ3n) is 3.18. The Morgan fingerprint density at radius 1 is 1.09 bits per heavy atom. The molecule has 0 aliphatic heterocycles. The Bertz CT molecular complexity index is 818. The van der Waals surface area contributed by atoms with Gasteiger partial charge in [0.2, 0.25) is 5.91 Å². The van der Waals surface area contributed by atoms with Crippen LogP contribution in [0.5, 0.6) is 0 Å². The van der Waals surface area contributed by atoms with Gasteiger partial charge in [-0.3, -0.25) is 4.79 Å². The Balaban J connectivity index is 2.01. The van der Waals surface area contributed by atoms with Crippen LogP contribution in [0, 0.1) is 18.6 Å². The van der Waals surface area contributed by atoms with Crippen molar-refractivity contribution in [2.45, 2.75) is 18.2 Å². The normalized spacial score (nSPS) is 11.3. The molecule has 4 nitrogen and oxygen atoms in total. The fraction of sp³-hybridized carbons (Fsp3) is 0.188. The highest BCUT2D eigenvalue weighted by molar-refractivity contribution is 7.91. The second-order valence-electron chi connectivity index (χ2n) is 5.05. The van der Waals surface area contributed by atoms with Crippen molar-refractivity contribution in [1.29, 1.82) is 0 Å². The summed E-state index contributed by atoms with van der Waals surface area (Å²) in [4.78, 5) is 11.9. The molecule has 0 aliphatic carbocycles. The van der Waals surface area contributed by atoms with Gasteiger partial charge in [-0.15, -0.1) is 0 Å². The molecular weight excluding hydrogens is 324 g/mol. The van der Waals surface area contributed by atoms with Crippen molar-refractivity contribution in [2.24, 2.45) is 0 Å².